The number of unbranched alkanes of at least 4 members (excludes halogenated alkanes) is 2. The molecule has 1 fully saturated rings. The average molecular weight is 538 g/mol. The molecule has 10 nitrogen and oxygen atoms in total. The van der Waals surface area contributed by atoms with Crippen molar-refractivity contribution in [2.45, 2.75) is 38.0 Å². The van der Waals surface area contributed by atoms with E-state index < -0.39 is 22.7 Å². The molecule has 2 N–H and O–H groups in total. The first-order chi connectivity index (χ1) is 15.7. The molecular formula is C21H20BrN3O7S. The van der Waals surface area contributed by atoms with Gasteiger partial charge >= 0.3 is 5.97 Å². The number of carboxylic acid groups (broad SMARTS) is 1. The van der Waals surface area contributed by atoms with E-state index in [9.17, 15) is 24.5 Å². The molecular weight excluding hydrogens is 518 g/mol. The van der Waals surface area contributed by atoms with Gasteiger partial charge in [-0.15, -0.1) is 0 Å². The number of hydrogen-bond acceptors (Lipinski definition) is 7. The minimum Gasteiger partial charge on any atom is -0.481 e. The molecule has 0 radical (unpaired) electrons. The Morgan fingerprint density at radius 1 is 1.36 bits per heavy atom. The molecule has 2 heterocycles. The number of nitro groups is 1. The van der Waals surface area contributed by atoms with Crippen LogP contribution in [0.25, 0.3) is 6.08 Å². The van der Waals surface area contributed by atoms with E-state index in [-0.39, 0.29) is 41.0 Å². The number of halogens is 1. The molecule has 0 aromatic carbocycles. The SMILES string of the molecule is O=C(O)CCCCCN1C(=O)C(=Cc2ccc(C3CC=C([N+](=O)[O-])C=C3Br)o2)C(=O)NC1=S. The van der Waals surface area contributed by atoms with E-state index in [4.69, 9.17) is 21.7 Å². The van der Waals surface area contributed by atoms with Crippen molar-refractivity contribution in [2.75, 3.05) is 6.54 Å². The molecule has 1 aliphatic carbocycles. The molecule has 33 heavy (non-hydrogen) atoms. The fourth-order valence-corrected chi connectivity index (χ4v) is 4.34. The molecule has 12 heteroatoms. The van der Waals surface area contributed by atoms with Crippen LogP contribution in [0.3, 0.4) is 0 Å². The number of carboxylic acids is 1. The first-order valence-corrected chi connectivity index (χ1v) is 11.3. The summed E-state index contributed by atoms with van der Waals surface area (Å²) in [4.78, 5) is 47.6. The summed E-state index contributed by atoms with van der Waals surface area (Å²) < 4.78 is 6.39. The van der Waals surface area contributed by atoms with Crippen LogP contribution >= 0.6 is 28.1 Å². The zero-order chi connectivity index (χ0) is 24.1. The quantitative estimate of drug-likeness (QED) is 0.122. The van der Waals surface area contributed by atoms with Crippen LogP contribution < -0.4 is 5.32 Å². The zero-order valence-corrected chi connectivity index (χ0v) is 19.7. The molecule has 0 saturated carbocycles. The molecule has 0 spiro atoms. The lowest BCUT2D eigenvalue weighted by atomic mass is 9.97. The number of rotatable bonds is 9. The number of allylic oxidation sites excluding steroid dienone is 3. The van der Waals surface area contributed by atoms with Gasteiger partial charge in [0.25, 0.3) is 17.5 Å². The summed E-state index contributed by atoms with van der Waals surface area (Å²) in [5, 5.41) is 22.1. The maximum atomic E-state index is 12.9. The summed E-state index contributed by atoms with van der Waals surface area (Å²) in [5.74, 6) is -1.52. The molecule has 2 aliphatic rings. The molecule has 2 amide bonds. The predicted octanol–water partition coefficient (Wildman–Crippen LogP) is 3.48. The van der Waals surface area contributed by atoms with Crippen molar-refractivity contribution in [3.8, 4) is 0 Å². The van der Waals surface area contributed by atoms with E-state index in [0.29, 0.717) is 35.9 Å². The van der Waals surface area contributed by atoms with Gasteiger partial charge in [-0.05, 0) is 55.8 Å². The third-order valence-corrected chi connectivity index (χ3v) is 6.23. The number of thiocarbonyl (C=S) groups is 1. The van der Waals surface area contributed by atoms with Crippen molar-refractivity contribution < 1.29 is 28.8 Å². The van der Waals surface area contributed by atoms with Gasteiger partial charge in [0, 0.05) is 23.5 Å². The van der Waals surface area contributed by atoms with Gasteiger partial charge in [-0.1, -0.05) is 22.4 Å². The van der Waals surface area contributed by atoms with E-state index >= 15 is 0 Å². The van der Waals surface area contributed by atoms with Crippen LogP contribution in [0.1, 0.15) is 49.5 Å². The second kappa shape index (κ2) is 10.7. The van der Waals surface area contributed by atoms with Crippen LogP contribution in [0.5, 0.6) is 0 Å². The average Bonchev–Trinajstić information content (AvgIpc) is 3.21. The number of carbonyl (C=O) groups excluding carboxylic acids is 2. The summed E-state index contributed by atoms with van der Waals surface area (Å²) in [6, 6.07) is 3.30. The Kier molecular flexibility index (Phi) is 7.92. The van der Waals surface area contributed by atoms with Crippen LogP contribution in [-0.2, 0) is 14.4 Å². The summed E-state index contributed by atoms with van der Waals surface area (Å²) in [5.41, 5.74) is -0.140. The van der Waals surface area contributed by atoms with Gasteiger partial charge in [-0.25, -0.2) is 0 Å². The first-order valence-electron chi connectivity index (χ1n) is 10.1. The maximum absolute atomic E-state index is 12.9. The largest absolute Gasteiger partial charge is 0.481 e. The van der Waals surface area contributed by atoms with E-state index in [0.717, 1.165) is 0 Å². The van der Waals surface area contributed by atoms with Gasteiger partial charge in [0.05, 0.1) is 10.8 Å². The molecule has 1 atom stereocenters. The first kappa shape index (κ1) is 24.5. The van der Waals surface area contributed by atoms with Crippen molar-refractivity contribution in [3.63, 3.8) is 0 Å². The van der Waals surface area contributed by atoms with Crippen LogP contribution in [-0.4, -0.2) is 44.4 Å². The fraction of sp³-hybridized carbons (Fsp3) is 0.333. The van der Waals surface area contributed by atoms with E-state index in [1.807, 2.05) is 0 Å². The van der Waals surface area contributed by atoms with Crippen molar-refractivity contribution >= 4 is 57.1 Å². The fourth-order valence-electron chi connectivity index (χ4n) is 3.43. The zero-order valence-electron chi connectivity index (χ0n) is 17.3. The lowest BCUT2D eigenvalue weighted by Crippen LogP contribution is -2.54. The van der Waals surface area contributed by atoms with Crippen molar-refractivity contribution in [1.29, 1.82) is 0 Å². The summed E-state index contributed by atoms with van der Waals surface area (Å²) in [7, 11) is 0. The molecule has 1 saturated heterocycles. The number of nitrogens with one attached hydrogen (secondary N) is 1. The molecule has 1 aliphatic heterocycles. The Morgan fingerprint density at radius 3 is 2.79 bits per heavy atom. The maximum Gasteiger partial charge on any atom is 0.303 e. The lowest BCUT2D eigenvalue weighted by Gasteiger charge is -2.28. The Balaban J connectivity index is 1.70. The normalized spacial score (nSPS) is 19.9. The van der Waals surface area contributed by atoms with Gasteiger partial charge in [0.1, 0.15) is 17.1 Å². The van der Waals surface area contributed by atoms with Gasteiger partial charge in [-0.2, -0.15) is 0 Å². The molecule has 3 rings (SSSR count). The van der Waals surface area contributed by atoms with Crippen LogP contribution in [0, 0.1) is 10.1 Å². The summed E-state index contributed by atoms with van der Waals surface area (Å²) in [6.07, 6.45) is 6.29. The second-order valence-electron chi connectivity index (χ2n) is 7.42. The Hall–Kier alpha value is -3.12. The number of hydrogen-bond donors (Lipinski definition) is 2. The highest BCUT2D eigenvalue weighted by Gasteiger charge is 2.33. The number of nitrogens with zero attached hydrogens (tertiary/aromatic N) is 2. The number of furan rings is 1. The lowest BCUT2D eigenvalue weighted by molar-refractivity contribution is -0.419. The standard InChI is InChI=1S/C21H20BrN3O7S/c22-16-10-12(25(30)31)5-7-14(16)17-8-6-13(32-17)11-15-19(28)23-21(33)24(20(15)29)9-3-1-2-4-18(26)27/h5-6,8,10-11,14H,1-4,7,9H2,(H,26,27)(H,23,28,33). The van der Waals surface area contributed by atoms with Crippen molar-refractivity contribution in [3.05, 3.63) is 61.7 Å². The van der Waals surface area contributed by atoms with Crippen molar-refractivity contribution in [2.24, 2.45) is 0 Å². The van der Waals surface area contributed by atoms with Gasteiger partial charge in [-0.3, -0.25) is 34.7 Å². The molecule has 174 valence electrons. The number of carbonyl (C=O) groups is 3. The highest BCUT2D eigenvalue weighted by atomic mass is 79.9. The van der Waals surface area contributed by atoms with Crippen LogP contribution in [0.15, 0.2) is 44.5 Å². The highest BCUT2D eigenvalue weighted by Crippen LogP contribution is 2.37. The van der Waals surface area contributed by atoms with Crippen LogP contribution in [0.4, 0.5) is 0 Å². The third-order valence-electron chi connectivity index (χ3n) is 5.13. The molecule has 0 bridgehead atoms. The predicted molar refractivity (Wildman–Crippen MR) is 125 cm³/mol. The smallest absolute Gasteiger partial charge is 0.303 e. The molecule has 1 aromatic heterocycles. The van der Waals surface area contributed by atoms with Crippen molar-refractivity contribution in [1.82, 2.24) is 10.2 Å². The Labute approximate surface area is 202 Å². The summed E-state index contributed by atoms with van der Waals surface area (Å²) in [6.45, 7) is 0.253. The topological polar surface area (TPSA) is 143 Å². The number of aliphatic carboxylic acids is 1. The van der Waals surface area contributed by atoms with Gasteiger partial charge < -0.3 is 9.52 Å². The monoisotopic (exact) mass is 537 g/mol. The summed E-state index contributed by atoms with van der Waals surface area (Å²) >= 11 is 8.47. The Bertz CT molecular complexity index is 1110. The highest BCUT2D eigenvalue weighted by molar-refractivity contribution is 9.11. The molecule has 1 unspecified atom stereocenters. The van der Waals surface area contributed by atoms with E-state index in [1.54, 1.807) is 12.1 Å². The second-order valence-corrected chi connectivity index (χ2v) is 8.72. The minimum absolute atomic E-state index is 0.00415. The minimum atomic E-state index is -0.875. The van der Waals surface area contributed by atoms with Crippen LogP contribution in [0.2, 0.25) is 0 Å². The third kappa shape index (κ3) is 6.02. The van der Waals surface area contributed by atoms with E-state index in [2.05, 4.69) is 21.2 Å². The Morgan fingerprint density at radius 2 is 2.12 bits per heavy atom. The number of amides is 2. The molecule has 1 aromatic rings. The van der Waals surface area contributed by atoms with Gasteiger partial charge in [0.15, 0.2) is 5.11 Å². The van der Waals surface area contributed by atoms with Gasteiger partial charge in [0.2, 0.25) is 0 Å². The van der Waals surface area contributed by atoms with E-state index in [1.165, 1.54) is 23.1 Å².